The van der Waals surface area contributed by atoms with Crippen LogP contribution < -0.4 is 5.32 Å². The monoisotopic (exact) mass is 254 g/mol. The standard InChI is InChI=1S/C17H22N2/c1-2-18-16(12-13-6-5-7-13)17-15-9-4-3-8-14(15)10-11-19-17/h3-4,8-11,13,16,18H,2,5-7,12H2,1H3. The second-order valence-electron chi connectivity index (χ2n) is 5.56. The predicted octanol–water partition coefficient (Wildman–Crippen LogP) is 4.08. The maximum absolute atomic E-state index is 4.67. The zero-order valence-corrected chi connectivity index (χ0v) is 11.6. The van der Waals surface area contributed by atoms with Gasteiger partial charge in [-0.15, -0.1) is 0 Å². The van der Waals surface area contributed by atoms with E-state index in [-0.39, 0.29) is 0 Å². The molecule has 0 spiro atoms. The number of benzene rings is 1. The van der Waals surface area contributed by atoms with Crippen LogP contribution in [0.2, 0.25) is 0 Å². The number of aromatic nitrogens is 1. The van der Waals surface area contributed by atoms with Gasteiger partial charge in [0.25, 0.3) is 0 Å². The number of hydrogen-bond acceptors (Lipinski definition) is 2. The highest BCUT2D eigenvalue weighted by molar-refractivity contribution is 5.84. The molecular weight excluding hydrogens is 232 g/mol. The van der Waals surface area contributed by atoms with E-state index in [9.17, 15) is 0 Å². The first kappa shape index (κ1) is 12.6. The van der Waals surface area contributed by atoms with E-state index in [0.29, 0.717) is 6.04 Å². The molecular formula is C17H22N2. The van der Waals surface area contributed by atoms with Crippen LogP contribution in [-0.4, -0.2) is 11.5 Å². The van der Waals surface area contributed by atoms with Crippen molar-refractivity contribution in [3.05, 3.63) is 42.2 Å². The largest absolute Gasteiger partial charge is 0.309 e. The summed E-state index contributed by atoms with van der Waals surface area (Å²) in [6, 6.07) is 11.1. The number of fused-ring (bicyclic) bond motifs is 1. The Bertz CT molecular complexity index is 540. The fourth-order valence-electron chi connectivity index (χ4n) is 3.02. The van der Waals surface area contributed by atoms with Crippen LogP contribution >= 0.6 is 0 Å². The van der Waals surface area contributed by atoms with E-state index in [0.717, 1.165) is 12.5 Å². The Hall–Kier alpha value is -1.41. The second kappa shape index (κ2) is 5.70. The van der Waals surface area contributed by atoms with Crippen molar-refractivity contribution in [2.45, 2.75) is 38.6 Å². The van der Waals surface area contributed by atoms with Gasteiger partial charge in [0.2, 0.25) is 0 Å². The molecule has 1 atom stereocenters. The molecule has 1 heterocycles. The third-order valence-electron chi connectivity index (χ3n) is 4.28. The van der Waals surface area contributed by atoms with E-state index in [2.05, 4.69) is 47.6 Å². The summed E-state index contributed by atoms with van der Waals surface area (Å²) in [6.45, 7) is 3.18. The first-order valence-corrected chi connectivity index (χ1v) is 7.45. The molecule has 2 aromatic rings. The van der Waals surface area contributed by atoms with E-state index in [1.54, 1.807) is 0 Å². The van der Waals surface area contributed by atoms with Gasteiger partial charge in [-0.1, -0.05) is 50.5 Å². The minimum Gasteiger partial charge on any atom is -0.309 e. The first-order valence-electron chi connectivity index (χ1n) is 7.45. The van der Waals surface area contributed by atoms with E-state index >= 15 is 0 Å². The zero-order chi connectivity index (χ0) is 13.1. The Kier molecular flexibility index (Phi) is 3.79. The van der Waals surface area contributed by atoms with Gasteiger partial charge < -0.3 is 5.32 Å². The molecule has 100 valence electrons. The van der Waals surface area contributed by atoms with Crippen LogP contribution in [0.25, 0.3) is 10.8 Å². The topological polar surface area (TPSA) is 24.9 Å². The Labute approximate surface area is 115 Å². The van der Waals surface area contributed by atoms with Gasteiger partial charge in [0, 0.05) is 11.6 Å². The molecule has 1 saturated carbocycles. The molecule has 0 amide bonds. The van der Waals surface area contributed by atoms with Crippen LogP contribution in [0.4, 0.5) is 0 Å². The van der Waals surface area contributed by atoms with Crippen molar-refractivity contribution in [1.29, 1.82) is 0 Å². The molecule has 1 fully saturated rings. The molecule has 2 nitrogen and oxygen atoms in total. The molecule has 1 aliphatic rings. The van der Waals surface area contributed by atoms with Gasteiger partial charge in [-0.25, -0.2) is 0 Å². The quantitative estimate of drug-likeness (QED) is 0.869. The van der Waals surface area contributed by atoms with E-state index in [4.69, 9.17) is 0 Å². The average molecular weight is 254 g/mol. The maximum atomic E-state index is 4.67. The summed E-state index contributed by atoms with van der Waals surface area (Å²) in [5.74, 6) is 0.893. The van der Waals surface area contributed by atoms with Crippen LogP contribution in [0, 0.1) is 5.92 Å². The summed E-state index contributed by atoms with van der Waals surface area (Å²) in [7, 11) is 0. The lowest BCUT2D eigenvalue weighted by Crippen LogP contribution is -2.26. The third kappa shape index (κ3) is 2.64. The highest BCUT2D eigenvalue weighted by atomic mass is 14.9. The first-order chi connectivity index (χ1) is 9.38. The van der Waals surface area contributed by atoms with Gasteiger partial charge in [0.15, 0.2) is 0 Å². The molecule has 19 heavy (non-hydrogen) atoms. The Balaban J connectivity index is 1.93. The van der Waals surface area contributed by atoms with Crippen molar-refractivity contribution in [1.82, 2.24) is 10.3 Å². The third-order valence-corrected chi connectivity index (χ3v) is 4.28. The molecule has 2 heteroatoms. The van der Waals surface area contributed by atoms with Gasteiger partial charge in [-0.3, -0.25) is 4.98 Å². The molecule has 1 aliphatic carbocycles. The summed E-state index contributed by atoms with van der Waals surface area (Å²) in [6.07, 6.45) is 7.38. The molecule has 1 N–H and O–H groups in total. The summed E-state index contributed by atoms with van der Waals surface area (Å²) >= 11 is 0. The van der Waals surface area contributed by atoms with Crippen molar-refractivity contribution in [2.24, 2.45) is 5.92 Å². The van der Waals surface area contributed by atoms with Gasteiger partial charge >= 0.3 is 0 Å². The lowest BCUT2D eigenvalue weighted by atomic mass is 9.80. The number of rotatable bonds is 5. The number of pyridine rings is 1. The molecule has 0 aliphatic heterocycles. The SMILES string of the molecule is CCNC(CC1CCC1)c1nccc2ccccc12. The summed E-state index contributed by atoms with van der Waals surface area (Å²) < 4.78 is 0. The van der Waals surface area contributed by atoms with Crippen LogP contribution in [-0.2, 0) is 0 Å². The minimum atomic E-state index is 0.404. The van der Waals surface area contributed by atoms with Crippen molar-refractivity contribution in [3.63, 3.8) is 0 Å². The molecule has 1 aromatic heterocycles. The van der Waals surface area contributed by atoms with Crippen LogP contribution in [0.3, 0.4) is 0 Å². The highest BCUT2D eigenvalue weighted by Gasteiger charge is 2.24. The Morgan fingerprint density at radius 2 is 2.11 bits per heavy atom. The molecule has 3 rings (SSSR count). The van der Waals surface area contributed by atoms with Crippen molar-refractivity contribution < 1.29 is 0 Å². The number of nitrogens with zero attached hydrogens (tertiary/aromatic N) is 1. The molecule has 1 unspecified atom stereocenters. The molecule has 1 aromatic carbocycles. The van der Waals surface area contributed by atoms with E-state index < -0.39 is 0 Å². The van der Waals surface area contributed by atoms with Crippen LogP contribution in [0.5, 0.6) is 0 Å². The zero-order valence-electron chi connectivity index (χ0n) is 11.6. The van der Waals surface area contributed by atoms with Gasteiger partial charge in [0.05, 0.1) is 11.7 Å². The van der Waals surface area contributed by atoms with Gasteiger partial charge in [-0.2, -0.15) is 0 Å². The van der Waals surface area contributed by atoms with Gasteiger partial charge in [-0.05, 0) is 30.3 Å². The molecule has 0 radical (unpaired) electrons. The summed E-state index contributed by atoms with van der Waals surface area (Å²) in [4.78, 5) is 4.67. The fourth-order valence-corrected chi connectivity index (χ4v) is 3.02. The second-order valence-corrected chi connectivity index (χ2v) is 5.56. The number of hydrogen-bond donors (Lipinski definition) is 1. The van der Waals surface area contributed by atoms with E-state index in [1.165, 1.54) is 42.1 Å². The van der Waals surface area contributed by atoms with Crippen molar-refractivity contribution in [2.75, 3.05) is 6.54 Å². The lowest BCUT2D eigenvalue weighted by molar-refractivity contribution is 0.261. The Morgan fingerprint density at radius 3 is 2.84 bits per heavy atom. The van der Waals surface area contributed by atoms with Crippen LogP contribution in [0.15, 0.2) is 36.5 Å². The van der Waals surface area contributed by atoms with E-state index in [1.807, 2.05) is 6.20 Å². The maximum Gasteiger partial charge on any atom is 0.0651 e. The predicted molar refractivity (Wildman–Crippen MR) is 80.1 cm³/mol. The fraction of sp³-hybridized carbons (Fsp3) is 0.471. The van der Waals surface area contributed by atoms with Gasteiger partial charge in [0.1, 0.15) is 0 Å². The summed E-state index contributed by atoms with van der Waals surface area (Å²) in [5.41, 5.74) is 1.23. The summed E-state index contributed by atoms with van der Waals surface area (Å²) in [5, 5.41) is 6.22. The van der Waals surface area contributed by atoms with Crippen molar-refractivity contribution in [3.8, 4) is 0 Å². The lowest BCUT2D eigenvalue weighted by Gasteiger charge is -2.30. The minimum absolute atomic E-state index is 0.404. The smallest absolute Gasteiger partial charge is 0.0651 e. The molecule has 0 bridgehead atoms. The average Bonchev–Trinajstić information content (AvgIpc) is 2.41. The van der Waals surface area contributed by atoms with Crippen molar-refractivity contribution >= 4 is 10.8 Å². The van der Waals surface area contributed by atoms with Crippen LogP contribution in [0.1, 0.15) is 44.3 Å². The molecule has 0 saturated heterocycles. The highest BCUT2D eigenvalue weighted by Crippen LogP contribution is 2.35. The number of nitrogens with one attached hydrogen (secondary N) is 1. The normalized spacial score (nSPS) is 17.3. The Morgan fingerprint density at radius 1 is 1.26 bits per heavy atom.